The molecule has 1 N–H and O–H groups in total. The number of hydrogen-bond acceptors (Lipinski definition) is 3. The first-order valence-electron chi connectivity index (χ1n) is 8.13. The zero-order chi connectivity index (χ0) is 15.5. The van der Waals surface area contributed by atoms with E-state index in [0.29, 0.717) is 0 Å². The number of fused-ring (bicyclic) bond motifs is 1. The van der Waals surface area contributed by atoms with Crippen molar-refractivity contribution in [3.63, 3.8) is 0 Å². The van der Waals surface area contributed by atoms with E-state index in [0.717, 1.165) is 42.4 Å². The molecule has 0 aliphatic carbocycles. The molecule has 1 aromatic carbocycles. The van der Waals surface area contributed by atoms with Crippen LogP contribution in [0, 0.1) is 0 Å². The number of aromatic nitrogens is 1. The minimum atomic E-state index is 0.0745. The van der Waals surface area contributed by atoms with Crippen LogP contribution in [-0.4, -0.2) is 40.3 Å². The highest BCUT2D eigenvalue weighted by Crippen LogP contribution is 2.18. The van der Waals surface area contributed by atoms with Crippen molar-refractivity contribution in [2.24, 2.45) is 7.05 Å². The van der Waals surface area contributed by atoms with Crippen LogP contribution in [0.5, 0.6) is 0 Å². The maximum atomic E-state index is 12.4. The Hall–Kier alpha value is -1.65. The summed E-state index contributed by atoms with van der Waals surface area (Å²) in [4.78, 5) is 14.8. The van der Waals surface area contributed by atoms with Gasteiger partial charge in [0.15, 0.2) is 0 Å². The van der Waals surface area contributed by atoms with E-state index in [1.165, 1.54) is 12.8 Å². The second kappa shape index (κ2) is 6.63. The Kier molecular flexibility index (Phi) is 4.60. The second-order valence-electron chi connectivity index (χ2n) is 6.21. The van der Waals surface area contributed by atoms with Crippen LogP contribution in [-0.2, 0) is 13.5 Å². The number of nitrogens with zero attached hydrogens (tertiary/aromatic N) is 2. The van der Waals surface area contributed by atoms with Crippen molar-refractivity contribution in [1.82, 2.24) is 9.47 Å². The highest BCUT2D eigenvalue weighted by Gasteiger charge is 2.21. The van der Waals surface area contributed by atoms with Crippen molar-refractivity contribution >= 4 is 10.8 Å². The first-order valence-corrected chi connectivity index (χ1v) is 8.13. The predicted molar refractivity (Wildman–Crippen MR) is 89.2 cm³/mol. The van der Waals surface area contributed by atoms with Crippen LogP contribution in [0.2, 0.25) is 0 Å². The van der Waals surface area contributed by atoms with Crippen LogP contribution >= 0.6 is 0 Å². The molecular weight excluding hydrogens is 276 g/mol. The summed E-state index contributed by atoms with van der Waals surface area (Å²) in [6.07, 6.45) is 4.32. The van der Waals surface area contributed by atoms with Gasteiger partial charge in [-0.2, -0.15) is 0 Å². The molecule has 0 radical (unpaired) electrons. The van der Waals surface area contributed by atoms with Gasteiger partial charge in [-0.3, -0.25) is 9.69 Å². The monoisotopic (exact) mass is 300 g/mol. The van der Waals surface area contributed by atoms with E-state index < -0.39 is 0 Å². The van der Waals surface area contributed by atoms with E-state index in [4.69, 9.17) is 0 Å². The molecule has 0 unspecified atom stereocenters. The Balaban J connectivity index is 1.82. The summed E-state index contributed by atoms with van der Waals surface area (Å²) in [5.74, 6) is 0. The standard InChI is InChI=1S/C18H24N2O2/c1-19-15(9-11-20-10-5-4-7-16(20)13-21)12-14-6-2-3-8-17(14)18(19)22/h2-3,6,8,12,16,21H,4-5,7,9-11,13H2,1H3/t16-/m0/s1. The minimum absolute atomic E-state index is 0.0745. The number of piperidine rings is 1. The van der Waals surface area contributed by atoms with Gasteiger partial charge in [0, 0.05) is 37.1 Å². The molecule has 4 heteroatoms. The third-order valence-electron chi connectivity index (χ3n) is 4.86. The van der Waals surface area contributed by atoms with Gasteiger partial charge >= 0.3 is 0 Å². The Morgan fingerprint density at radius 1 is 1.27 bits per heavy atom. The fourth-order valence-corrected chi connectivity index (χ4v) is 3.46. The smallest absolute Gasteiger partial charge is 0.258 e. The zero-order valence-electron chi connectivity index (χ0n) is 13.2. The molecule has 0 amide bonds. The van der Waals surface area contributed by atoms with Crippen LogP contribution in [0.3, 0.4) is 0 Å². The molecular formula is C18H24N2O2. The average Bonchev–Trinajstić information content (AvgIpc) is 2.57. The lowest BCUT2D eigenvalue weighted by Gasteiger charge is -2.34. The summed E-state index contributed by atoms with van der Waals surface area (Å²) in [5, 5.41) is 11.3. The molecule has 2 heterocycles. The van der Waals surface area contributed by atoms with E-state index in [1.54, 1.807) is 4.57 Å². The maximum Gasteiger partial charge on any atom is 0.258 e. The number of rotatable bonds is 4. The molecule has 0 spiro atoms. The van der Waals surface area contributed by atoms with Crippen LogP contribution in [0.25, 0.3) is 10.8 Å². The van der Waals surface area contributed by atoms with Crippen molar-refractivity contribution in [2.45, 2.75) is 31.7 Å². The van der Waals surface area contributed by atoms with Gasteiger partial charge in [-0.05, 0) is 36.9 Å². The Labute approximate surface area is 131 Å². The number of aliphatic hydroxyl groups is 1. The first-order chi connectivity index (χ1) is 10.7. The van der Waals surface area contributed by atoms with Gasteiger partial charge in [-0.1, -0.05) is 24.6 Å². The lowest BCUT2D eigenvalue weighted by Crippen LogP contribution is -2.43. The summed E-state index contributed by atoms with van der Waals surface area (Å²) >= 11 is 0. The Bertz CT molecular complexity index is 708. The molecule has 1 aliphatic heterocycles. The van der Waals surface area contributed by atoms with Gasteiger partial charge in [-0.15, -0.1) is 0 Å². The second-order valence-corrected chi connectivity index (χ2v) is 6.21. The van der Waals surface area contributed by atoms with E-state index in [2.05, 4.69) is 11.0 Å². The minimum Gasteiger partial charge on any atom is -0.395 e. The molecule has 2 aromatic rings. The van der Waals surface area contributed by atoms with E-state index in [-0.39, 0.29) is 18.2 Å². The third-order valence-corrected chi connectivity index (χ3v) is 4.86. The van der Waals surface area contributed by atoms with Gasteiger partial charge in [0.1, 0.15) is 0 Å². The number of benzene rings is 1. The fraction of sp³-hybridized carbons (Fsp3) is 0.500. The molecule has 1 atom stereocenters. The van der Waals surface area contributed by atoms with E-state index >= 15 is 0 Å². The van der Waals surface area contributed by atoms with Crippen molar-refractivity contribution in [3.8, 4) is 0 Å². The van der Waals surface area contributed by atoms with Crippen LogP contribution in [0.4, 0.5) is 0 Å². The van der Waals surface area contributed by atoms with Gasteiger partial charge in [0.25, 0.3) is 5.56 Å². The zero-order valence-corrected chi connectivity index (χ0v) is 13.2. The SMILES string of the molecule is Cn1c(CCN2CCCC[C@H]2CO)cc2ccccc2c1=O. The van der Waals surface area contributed by atoms with Crippen molar-refractivity contribution in [3.05, 3.63) is 46.4 Å². The molecule has 1 aliphatic rings. The van der Waals surface area contributed by atoms with Crippen LogP contribution < -0.4 is 5.56 Å². The summed E-state index contributed by atoms with van der Waals surface area (Å²) in [6, 6.07) is 10.2. The first kappa shape index (κ1) is 15.3. The normalized spacial score (nSPS) is 19.6. The van der Waals surface area contributed by atoms with Crippen LogP contribution in [0.15, 0.2) is 35.1 Å². The molecule has 4 nitrogen and oxygen atoms in total. The predicted octanol–water partition coefficient (Wildman–Crippen LogP) is 1.93. The third kappa shape index (κ3) is 2.94. The molecule has 1 aromatic heterocycles. The highest BCUT2D eigenvalue weighted by atomic mass is 16.3. The lowest BCUT2D eigenvalue weighted by atomic mass is 10.0. The maximum absolute atomic E-state index is 12.4. The topological polar surface area (TPSA) is 45.5 Å². The van der Waals surface area contributed by atoms with Crippen molar-refractivity contribution in [1.29, 1.82) is 0 Å². The summed E-state index contributed by atoms with van der Waals surface area (Å²) in [6.45, 7) is 2.18. The number of likely N-dealkylation sites (tertiary alicyclic amines) is 1. The molecule has 22 heavy (non-hydrogen) atoms. The average molecular weight is 300 g/mol. The molecule has 1 saturated heterocycles. The summed E-state index contributed by atoms with van der Waals surface area (Å²) in [7, 11) is 1.85. The summed E-state index contributed by atoms with van der Waals surface area (Å²) in [5.41, 5.74) is 1.14. The fourth-order valence-electron chi connectivity index (χ4n) is 3.46. The van der Waals surface area contributed by atoms with Crippen molar-refractivity contribution < 1.29 is 5.11 Å². The van der Waals surface area contributed by atoms with Gasteiger partial charge in [0.05, 0.1) is 6.61 Å². The number of hydrogen-bond donors (Lipinski definition) is 1. The largest absolute Gasteiger partial charge is 0.395 e. The van der Waals surface area contributed by atoms with E-state index in [1.807, 2.05) is 31.3 Å². The molecule has 118 valence electrons. The Morgan fingerprint density at radius 2 is 2.09 bits per heavy atom. The summed E-state index contributed by atoms with van der Waals surface area (Å²) < 4.78 is 1.76. The molecule has 3 rings (SSSR count). The number of pyridine rings is 1. The van der Waals surface area contributed by atoms with Crippen molar-refractivity contribution in [2.75, 3.05) is 19.7 Å². The van der Waals surface area contributed by atoms with E-state index in [9.17, 15) is 9.90 Å². The molecule has 0 saturated carbocycles. The highest BCUT2D eigenvalue weighted by molar-refractivity contribution is 5.81. The molecule has 1 fully saturated rings. The van der Waals surface area contributed by atoms with Gasteiger partial charge in [-0.25, -0.2) is 0 Å². The quantitative estimate of drug-likeness (QED) is 0.938. The lowest BCUT2D eigenvalue weighted by molar-refractivity contribution is 0.0909. The van der Waals surface area contributed by atoms with Gasteiger partial charge in [0.2, 0.25) is 0 Å². The number of aliphatic hydroxyl groups excluding tert-OH is 1. The molecule has 0 bridgehead atoms. The van der Waals surface area contributed by atoms with Crippen LogP contribution in [0.1, 0.15) is 25.0 Å². The van der Waals surface area contributed by atoms with Gasteiger partial charge < -0.3 is 9.67 Å². The Morgan fingerprint density at radius 3 is 2.91 bits per heavy atom.